The molecule has 2 rings (SSSR count). The smallest absolute Gasteiger partial charge is 0.301 e. The lowest BCUT2D eigenvalue weighted by Gasteiger charge is -2.45. The largest absolute Gasteiger partial charge is 0.355 e. The summed E-state index contributed by atoms with van der Waals surface area (Å²) in [5.41, 5.74) is -2.00. The first-order chi connectivity index (χ1) is 16.5. The number of benzene rings is 1. The van der Waals surface area contributed by atoms with Gasteiger partial charge in [0.2, 0.25) is 10.0 Å². The van der Waals surface area contributed by atoms with Crippen molar-refractivity contribution in [2.45, 2.75) is 89.6 Å². The zero-order chi connectivity index (χ0) is 26.4. The first-order valence-electron chi connectivity index (χ1n) is 12.0. The maximum absolute atomic E-state index is 12.5. The number of hydrogen-bond donors (Lipinski definition) is 1. The lowest BCUT2D eigenvalue weighted by Crippen LogP contribution is -2.51. The molecule has 0 saturated carbocycles. The molecule has 0 amide bonds. The van der Waals surface area contributed by atoms with Crippen LogP contribution in [0.25, 0.3) is 0 Å². The molecule has 2 unspecified atom stereocenters. The van der Waals surface area contributed by atoms with Gasteiger partial charge in [-0.05, 0) is 25.7 Å². The third-order valence-electron chi connectivity index (χ3n) is 6.33. The van der Waals surface area contributed by atoms with E-state index in [1.54, 1.807) is 0 Å². The zero-order valence-corrected chi connectivity index (χ0v) is 21.8. The van der Waals surface area contributed by atoms with Gasteiger partial charge in [0.25, 0.3) is 0 Å². The van der Waals surface area contributed by atoms with Crippen molar-refractivity contribution in [2.75, 3.05) is 24.5 Å². The van der Waals surface area contributed by atoms with Gasteiger partial charge < -0.3 is 14.4 Å². The molecule has 0 aromatic heterocycles. The highest BCUT2D eigenvalue weighted by molar-refractivity contribution is 7.89. The Kier molecular flexibility index (Phi) is 9.95. The number of anilines is 1. The topological polar surface area (TPSA) is 154 Å². The Morgan fingerprint density at radius 2 is 1.66 bits per heavy atom. The van der Waals surface area contributed by atoms with Gasteiger partial charge in [-0.3, -0.25) is 20.2 Å². The Morgan fingerprint density at radius 3 is 2.09 bits per heavy atom. The lowest BCUT2D eigenvalue weighted by atomic mass is 9.88. The van der Waals surface area contributed by atoms with Crippen molar-refractivity contribution in [1.82, 2.24) is 4.72 Å². The molecular weight excluding hydrogens is 480 g/mol. The van der Waals surface area contributed by atoms with Gasteiger partial charge in [0.15, 0.2) is 12.0 Å². The quantitative estimate of drug-likeness (QED) is 0.301. The van der Waals surface area contributed by atoms with Gasteiger partial charge in [-0.25, -0.2) is 13.1 Å². The average Bonchev–Trinajstić information content (AvgIpc) is 2.82. The fourth-order valence-electron chi connectivity index (χ4n) is 4.41. The number of nitro benzene ring substituents is 2. The van der Waals surface area contributed by atoms with E-state index in [0.29, 0.717) is 6.42 Å². The molecular formula is C22H36N4O8S. The van der Waals surface area contributed by atoms with Crippen molar-refractivity contribution >= 4 is 27.1 Å². The summed E-state index contributed by atoms with van der Waals surface area (Å²) in [7, 11) is -4.16. The Morgan fingerprint density at radius 1 is 1.09 bits per heavy atom. The summed E-state index contributed by atoms with van der Waals surface area (Å²) in [6.07, 6.45) is 2.68. The van der Waals surface area contributed by atoms with Crippen LogP contribution in [0.15, 0.2) is 17.0 Å². The molecule has 13 heteroatoms. The lowest BCUT2D eigenvalue weighted by molar-refractivity contribution is -0.393. The van der Waals surface area contributed by atoms with E-state index in [4.69, 9.17) is 9.47 Å². The highest BCUT2D eigenvalue weighted by Crippen LogP contribution is 2.41. The van der Waals surface area contributed by atoms with Crippen molar-refractivity contribution < 1.29 is 27.7 Å². The molecule has 1 aliphatic heterocycles. The number of hydrogen-bond acceptors (Lipinski definition) is 9. The third-order valence-corrected chi connectivity index (χ3v) is 7.85. The maximum atomic E-state index is 12.5. The summed E-state index contributed by atoms with van der Waals surface area (Å²) in [4.78, 5) is 23.4. The van der Waals surface area contributed by atoms with Crippen molar-refractivity contribution in [3.8, 4) is 0 Å². The van der Waals surface area contributed by atoms with Crippen LogP contribution in [-0.2, 0) is 19.5 Å². The van der Waals surface area contributed by atoms with E-state index in [1.807, 2.05) is 27.7 Å². The Bertz CT molecular complexity index is 978. The van der Waals surface area contributed by atoms with E-state index in [2.05, 4.69) is 4.72 Å². The Labute approximate surface area is 206 Å². The third kappa shape index (κ3) is 6.66. The number of nitro groups is 2. The van der Waals surface area contributed by atoms with Crippen LogP contribution in [0.3, 0.4) is 0 Å². The molecule has 1 fully saturated rings. The summed E-state index contributed by atoms with van der Waals surface area (Å²) in [6, 6.07) is 1.73. The van der Waals surface area contributed by atoms with Crippen molar-refractivity contribution in [1.29, 1.82) is 0 Å². The number of nitrogens with one attached hydrogen (secondary N) is 1. The van der Waals surface area contributed by atoms with Crippen molar-refractivity contribution in [2.24, 2.45) is 0 Å². The molecule has 0 spiro atoms. The van der Waals surface area contributed by atoms with Gasteiger partial charge in [0.05, 0.1) is 33.0 Å². The minimum absolute atomic E-state index is 0.0209. The van der Waals surface area contributed by atoms with Gasteiger partial charge in [-0.15, -0.1) is 0 Å². The summed E-state index contributed by atoms with van der Waals surface area (Å²) >= 11 is 0. The monoisotopic (exact) mass is 516 g/mol. The zero-order valence-electron chi connectivity index (χ0n) is 21.0. The van der Waals surface area contributed by atoms with Crippen LogP contribution in [0.4, 0.5) is 17.1 Å². The van der Waals surface area contributed by atoms with E-state index in [9.17, 15) is 28.6 Å². The van der Waals surface area contributed by atoms with Gasteiger partial charge in [-0.2, -0.15) is 0 Å². The second-order valence-corrected chi connectivity index (χ2v) is 10.3. The van der Waals surface area contributed by atoms with E-state index < -0.39 is 48.0 Å². The fourth-order valence-corrected chi connectivity index (χ4v) is 5.49. The van der Waals surface area contributed by atoms with E-state index in [-0.39, 0.29) is 31.4 Å². The molecule has 1 heterocycles. The number of ether oxygens (including phenoxy) is 2. The van der Waals surface area contributed by atoms with Gasteiger partial charge in [0.1, 0.15) is 0 Å². The first-order valence-corrected chi connectivity index (χ1v) is 13.5. The molecule has 1 aromatic carbocycles. The predicted molar refractivity (Wildman–Crippen MR) is 131 cm³/mol. The second-order valence-electron chi connectivity index (χ2n) is 8.58. The van der Waals surface area contributed by atoms with Crippen LogP contribution >= 0.6 is 0 Å². The summed E-state index contributed by atoms with van der Waals surface area (Å²) in [5, 5.41) is 24.0. The van der Waals surface area contributed by atoms with Crippen LogP contribution in [0.1, 0.15) is 66.7 Å². The SMILES string of the molecule is CCCN(CC1OC(CC)CC(CC)(CC)O1)c1c([N+](=O)[O-])cc(S(=O)(=O)NCC)cc1[N+](=O)[O-]. The maximum Gasteiger partial charge on any atom is 0.301 e. The van der Waals surface area contributed by atoms with E-state index in [1.165, 1.54) is 11.8 Å². The van der Waals surface area contributed by atoms with Crippen LogP contribution in [0, 0.1) is 20.2 Å². The van der Waals surface area contributed by atoms with Crippen molar-refractivity contribution in [3.63, 3.8) is 0 Å². The fraction of sp³-hybridized carbons (Fsp3) is 0.727. The van der Waals surface area contributed by atoms with Crippen LogP contribution in [0.5, 0.6) is 0 Å². The molecule has 1 saturated heterocycles. The molecule has 2 atom stereocenters. The second kappa shape index (κ2) is 12.1. The van der Waals surface area contributed by atoms with Crippen LogP contribution in [-0.4, -0.2) is 55.9 Å². The summed E-state index contributed by atoms with van der Waals surface area (Å²) in [5.74, 6) is 0. The van der Waals surface area contributed by atoms with Crippen LogP contribution in [0.2, 0.25) is 0 Å². The number of rotatable bonds is 13. The standard InChI is InChI=1S/C22H36N4O8S/c1-6-11-24(15-20-33-16(7-2)14-22(8-3,9-4)34-20)21-18(25(27)28)12-17(13-19(21)26(29)30)35(31,32)23-10-5/h12-13,16,20,23H,6-11,14-15H2,1-5H3. The highest BCUT2D eigenvalue weighted by Gasteiger charge is 2.41. The molecule has 12 nitrogen and oxygen atoms in total. The number of nitrogens with zero attached hydrogens (tertiary/aromatic N) is 3. The van der Waals surface area contributed by atoms with Gasteiger partial charge >= 0.3 is 11.4 Å². The molecule has 35 heavy (non-hydrogen) atoms. The van der Waals surface area contributed by atoms with Gasteiger partial charge in [0, 0.05) is 31.6 Å². The molecule has 1 N–H and O–H groups in total. The Balaban J connectivity index is 2.62. The van der Waals surface area contributed by atoms with E-state index in [0.717, 1.165) is 37.8 Å². The minimum Gasteiger partial charge on any atom is -0.355 e. The molecule has 1 aliphatic rings. The first kappa shape index (κ1) is 28.9. The Hall–Kier alpha value is -2.35. The summed E-state index contributed by atoms with van der Waals surface area (Å²) < 4.78 is 39.6. The van der Waals surface area contributed by atoms with Gasteiger partial charge in [-0.1, -0.05) is 34.6 Å². The molecule has 0 aliphatic carbocycles. The molecule has 0 bridgehead atoms. The number of sulfonamides is 1. The normalized spacial score (nSPS) is 19.9. The molecule has 1 aromatic rings. The summed E-state index contributed by atoms with van der Waals surface area (Å²) in [6.45, 7) is 9.74. The molecule has 0 radical (unpaired) electrons. The molecule has 198 valence electrons. The highest BCUT2D eigenvalue weighted by atomic mass is 32.2. The van der Waals surface area contributed by atoms with E-state index >= 15 is 0 Å². The van der Waals surface area contributed by atoms with Crippen molar-refractivity contribution in [3.05, 3.63) is 32.4 Å². The average molecular weight is 517 g/mol. The van der Waals surface area contributed by atoms with Crippen LogP contribution < -0.4 is 9.62 Å². The minimum atomic E-state index is -4.16. The predicted octanol–water partition coefficient (Wildman–Crippen LogP) is 4.12.